The summed E-state index contributed by atoms with van der Waals surface area (Å²) in [6, 6.07) is 15.3. The summed E-state index contributed by atoms with van der Waals surface area (Å²) >= 11 is 0. The van der Waals surface area contributed by atoms with Crippen molar-refractivity contribution in [2.75, 3.05) is 19.8 Å². The minimum Gasteiger partial charge on any atom is -0.381 e. The van der Waals surface area contributed by atoms with Crippen LogP contribution in [0.4, 0.5) is 0 Å². The fourth-order valence-electron chi connectivity index (χ4n) is 11.8. The number of hydrogen-bond acceptors (Lipinski definition) is 2. The van der Waals surface area contributed by atoms with Gasteiger partial charge in [-0.2, -0.15) is 0 Å². The maximum Gasteiger partial charge on any atom is 0.0612 e. The highest BCUT2D eigenvalue weighted by atomic mass is 16.5. The van der Waals surface area contributed by atoms with E-state index in [9.17, 15) is 0 Å². The van der Waals surface area contributed by atoms with E-state index in [0.29, 0.717) is 11.5 Å². The summed E-state index contributed by atoms with van der Waals surface area (Å²) in [7, 11) is 0. The van der Waals surface area contributed by atoms with E-state index in [1.54, 1.807) is 5.57 Å². The van der Waals surface area contributed by atoms with Crippen molar-refractivity contribution in [1.29, 1.82) is 0 Å². The summed E-state index contributed by atoms with van der Waals surface area (Å²) in [4.78, 5) is 0. The number of hydrogen-bond donors (Lipinski definition) is 0. The first-order valence-corrected chi connectivity index (χ1v) is 21.8. The Bertz CT molecular complexity index is 1320. The van der Waals surface area contributed by atoms with Crippen LogP contribution in [-0.2, 0) is 15.9 Å². The Balaban J connectivity index is 0.791. The maximum atomic E-state index is 6.53. The Morgan fingerprint density at radius 2 is 1.48 bits per heavy atom. The van der Waals surface area contributed by atoms with Gasteiger partial charge in [-0.3, -0.25) is 0 Å². The second kappa shape index (κ2) is 18.9. The molecule has 0 spiro atoms. The molecule has 0 radical (unpaired) electrons. The quantitative estimate of drug-likeness (QED) is 0.102. The number of benzene rings is 2. The molecule has 3 fully saturated rings. The summed E-state index contributed by atoms with van der Waals surface area (Å²) in [6.45, 7) is 12.8. The molecule has 0 amide bonds. The fourth-order valence-corrected chi connectivity index (χ4v) is 11.8. The fraction of sp³-hybridized carbons (Fsp3) is 0.750. The van der Waals surface area contributed by atoms with Crippen LogP contribution in [-0.4, -0.2) is 25.9 Å². The third-order valence-electron chi connectivity index (χ3n) is 14.5. The third kappa shape index (κ3) is 9.66. The van der Waals surface area contributed by atoms with E-state index in [-0.39, 0.29) is 0 Å². The van der Waals surface area contributed by atoms with Crippen molar-refractivity contribution in [2.24, 2.45) is 46.8 Å². The lowest BCUT2D eigenvalue weighted by molar-refractivity contribution is -0.0358. The molecule has 0 heterocycles. The van der Waals surface area contributed by atoms with Crippen LogP contribution in [0.5, 0.6) is 0 Å². The molecular formula is C48H74O2. The predicted molar refractivity (Wildman–Crippen MR) is 214 cm³/mol. The zero-order chi connectivity index (χ0) is 34.8. The summed E-state index contributed by atoms with van der Waals surface area (Å²) in [5, 5.41) is 2.70. The van der Waals surface area contributed by atoms with E-state index in [4.69, 9.17) is 9.47 Å². The van der Waals surface area contributed by atoms with Crippen molar-refractivity contribution in [3.05, 3.63) is 59.7 Å². The Labute approximate surface area is 307 Å². The van der Waals surface area contributed by atoms with Crippen molar-refractivity contribution >= 4 is 10.8 Å². The van der Waals surface area contributed by atoms with Gasteiger partial charge in [-0.1, -0.05) is 140 Å². The van der Waals surface area contributed by atoms with Crippen LogP contribution >= 0.6 is 0 Å². The monoisotopic (exact) mass is 683 g/mol. The molecule has 0 saturated heterocycles. The predicted octanol–water partition coefficient (Wildman–Crippen LogP) is 13.6. The lowest BCUT2D eigenvalue weighted by atomic mass is 9.51. The zero-order valence-electron chi connectivity index (χ0n) is 32.8. The van der Waals surface area contributed by atoms with Gasteiger partial charge in [-0.25, -0.2) is 0 Å². The normalized spacial score (nSPS) is 29.8. The second-order valence-corrected chi connectivity index (χ2v) is 18.2. The van der Waals surface area contributed by atoms with Crippen LogP contribution in [0.3, 0.4) is 0 Å². The molecule has 8 atom stereocenters. The molecule has 0 N–H and O–H groups in total. The maximum absolute atomic E-state index is 6.53. The molecule has 2 aromatic carbocycles. The summed E-state index contributed by atoms with van der Waals surface area (Å²) in [6.07, 6.45) is 30.4. The minimum absolute atomic E-state index is 0.486. The van der Waals surface area contributed by atoms with Crippen LogP contribution in [0.15, 0.2) is 54.1 Å². The Kier molecular flexibility index (Phi) is 14.4. The molecule has 3 saturated carbocycles. The Hall–Kier alpha value is -1.64. The van der Waals surface area contributed by atoms with Crippen molar-refractivity contribution in [3.8, 4) is 0 Å². The standard InChI is InChI=1S/C48H74O2/c1-36(2)17-15-18-37(3)46-27-28-47-45-25-23-40-35-41(24-26-43(40)44(45)29-31-48(46,47)4)50-33-14-10-8-6-5-7-9-13-32-49-34-30-39-21-16-20-38-19-11-12-22-42(38)39/h11-12,16,19-23,36-37,41,43-47H,5-10,13-15,17-18,24-35H2,1-4H3/t37-,41+,43+,44-,45-,46-,47+,48-/m1/s1. The first-order valence-electron chi connectivity index (χ1n) is 21.8. The molecular weight excluding hydrogens is 609 g/mol. The van der Waals surface area contributed by atoms with Crippen LogP contribution in [0.25, 0.3) is 10.8 Å². The molecule has 2 nitrogen and oxygen atoms in total. The van der Waals surface area contributed by atoms with E-state index < -0.39 is 0 Å². The minimum atomic E-state index is 0.486. The van der Waals surface area contributed by atoms with E-state index >= 15 is 0 Å². The van der Waals surface area contributed by atoms with Gasteiger partial charge in [0.25, 0.3) is 0 Å². The van der Waals surface area contributed by atoms with Gasteiger partial charge in [-0.05, 0) is 134 Å². The second-order valence-electron chi connectivity index (χ2n) is 18.2. The van der Waals surface area contributed by atoms with Crippen molar-refractivity contribution < 1.29 is 9.47 Å². The number of allylic oxidation sites excluding steroid dienone is 1. The van der Waals surface area contributed by atoms with E-state index in [2.05, 4.69) is 76.2 Å². The number of unbranched alkanes of at least 4 members (excludes halogenated alkanes) is 7. The molecule has 0 unspecified atom stereocenters. The Morgan fingerprint density at radius 3 is 2.30 bits per heavy atom. The third-order valence-corrected chi connectivity index (χ3v) is 14.5. The number of fused-ring (bicyclic) bond motifs is 6. The zero-order valence-corrected chi connectivity index (χ0v) is 32.8. The number of rotatable bonds is 20. The SMILES string of the molecule is CC(C)CCC[C@@H](C)[C@H]1CC[C@H]2[C@@H]3CC=C4C[C@@H](OCCCCCCCCCCOCCc5cccc6ccccc56)CC[C@@H]4[C@H]3CC[C@]12C. The molecule has 50 heavy (non-hydrogen) atoms. The van der Waals surface area contributed by atoms with E-state index in [0.717, 1.165) is 67.7 Å². The molecule has 0 aliphatic heterocycles. The molecule has 4 aliphatic rings. The summed E-state index contributed by atoms with van der Waals surface area (Å²) in [5.74, 6) is 6.53. The molecule has 0 aromatic heterocycles. The van der Waals surface area contributed by atoms with Crippen molar-refractivity contribution in [3.63, 3.8) is 0 Å². The number of ether oxygens (including phenoxy) is 2. The smallest absolute Gasteiger partial charge is 0.0612 e. The van der Waals surface area contributed by atoms with Crippen molar-refractivity contribution in [1.82, 2.24) is 0 Å². The van der Waals surface area contributed by atoms with Gasteiger partial charge in [0.15, 0.2) is 0 Å². The molecule has 278 valence electrons. The molecule has 6 rings (SSSR count). The van der Waals surface area contributed by atoms with Crippen LogP contribution in [0, 0.1) is 46.8 Å². The van der Waals surface area contributed by atoms with Gasteiger partial charge in [0.05, 0.1) is 12.7 Å². The van der Waals surface area contributed by atoms with Crippen LogP contribution in [0.2, 0.25) is 0 Å². The van der Waals surface area contributed by atoms with Gasteiger partial charge in [0, 0.05) is 13.2 Å². The molecule has 2 aromatic rings. The highest BCUT2D eigenvalue weighted by Crippen LogP contribution is 2.64. The summed E-state index contributed by atoms with van der Waals surface area (Å²) < 4.78 is 12.5. The van der Waals surface area contributed by atoms with Gasteiger partial charge in [0.1, 0.15) is 0 Å². The van der Waals surface area contributed by atoms with Gasteiger partial charge in [-0.15, -0.1) is 0 Å². The topological polar surface area (TPSA) is 18.5 Å². The van der Waals surface area contributed by atoms with Crippen LogP contribution < -0.4 is 0 Å². The van der Waals surface area contributed by atoms with Crippen LogP contribution in [0.1, 0.15) is 155 Å². The largest absolute Gasteiger partial charge is 0.381 e. The molecule has 0 bridgehead atoms. The van der Waals surface area contributed by atoms with E-state index in [1.807, 2.05) is 0 Å². The summed E-state index contributed by atoms with van der Waals surface area (Å²) in [5.41, 5.74) is 3.82. The van der Waals surface area contributed by atoms with E-state index in [1.165, 1.54) is 138 Å². The van der Waals surface area contributed by atoms with Gasteiger partial charge < -0.3 is 9.47 Å². The first-order chi connectivity index (χ1) is 24.4. The van der Waals surface area contributed by atoms with Gasteiger partial charge in [0.2, 0.25) is 0 Å². The Morgan fingerprint density at radius 1 is 0.720 bits per heavy atom. The molecule has 2 heteroatoms. The highest BCUT2D eigenvalue weighted by molar-refractivity contribution is 5.85. The first kappa shape index (κ1) is 38.1. The highest BCUT2D eigenvalue weighted by Gasteiger charge is 2.56. The average molecular weight is 683 g/mol. The average Bonchev–Trinajstić information content (AvgIpc) is 3.48. The lowest BCUT2D eigenvalue weighted by Gasteiger charge is -2.54. The molecule has 4 aliphatic carbocycles. The van der Waals surface area contributed by atoms with Gasteiger partial charge >= 0.3 is 0 Å². The lowest BCUT2D eigenvalue weighted by Crippen LogP contribution is -2.47. The van der Waals surface area contributed by atoms with Crippen molar-refractivity contribution in [2.45, 2.75) is 162 Å².